The smallest absolute Gasteiger partial charge is 0.119 e. The molecule has 1 fully saturated rings. The van der Waals surface area contributed by atoms with Gasteiger partial charge >= 0.3 is 0 Å². The van der Waals surface area contributed by atoms with Gasteiger partial charge in [-0.1, -0.05) is 6.42 Å². The zero-order chi connectivity index (χ0) is 15.1. The number of nitrogens with zero attached hydrogens (tertiary/aromatic N) is 1. The van der Waals surface area contributed by atoms with Crippen LogP contribution in [0.4, 0.5) is 5.69 Å². The van der Waals surface area contributed by atoms with E-state index >= 15 is 0 Å². The van der Waals surface area contributed by atoms with Gasteiger partial charge in [-0.2, -0.15) is 0 Å². The van der Waals surface area contributed by atoms with Crippen LogP contribution in [-0.2, 0) is 0 Å². The van der Waals surface area contributed by atoms with Crippen molar-refractivity contribution in [2.45, 2.75) is 31.4 Å². The highest BCUT2D eigenvalue weighted by Gasteiger charge is 2.19. The van der Waals surface area contributed by atoms with Gasteiger partial charge in [0.25, 0.3) is 0 Å². The number of hydrogen-bond donors (Lipinski definition) is 3. The van der Waals surface area contributed by atoms with E-state index < -0.39 is 6.10 Å². The fourth-order valence-corrected chi connectivity index (χ4v) is 2.52. The average molecular weight is 294 g/mol. The van der Waals surface area contributed by atoms with Crippen molar-refractivity contribution < 1.29 is 14.9 Å². The van der Waals surface area contributed by atoms with Gasteiger partial charge in [0.1, 0.15) is 12.4 Å². The van der Waals surface area contributed by atoms with Crippen LogP contribution < -0.4 is 10.1 Å². The molecule has 0 amide bonds. The Bertz CT molecular complexity index is 410. The van der Waals surface area contributed by atoms with Crippen molar-refractivity contribution in [3.8, 4) is 5.75 Å². The van der Waals surface area contributed by atoms with Crippen LogP contribution in [0, 0.1) is 0 Å². The number of aliphatic hydroxyl groups excluding tert-OH is 2. The molecule has 1 heterocycles. The first kappa shape index (κ1) is 16.1. The summed E-state index contributed by atoms with van der Waals surface area (Å²) in [5.74, 6) is 0.863. The molecule has 0 radical (unpaired) electrons. The lowest BCUT2D eigenvalue weighted by atomic mass is 10.0. The lowest BCUT2D eigenvalue weighted by Crippen LogP contribution is -2.40. The summed E-state index contributed by atoms with van der Waals surface area (Å²) in [5.41, 5.74) is 0.907. The van der Waals surface area contributed by atoms with Crippen LogP contribution in [0.3, 0.4) is 0 Å². The number of benzene rings is 1. The van der Waals surface area contributed by atoms with E-state index in [0.717, 1.165) is 24.6 Å². The van der Waals surface area contributed by atoms with Gasteiger partial charge in [-0.15, -0.1) is 0 Å². The summed E-state index contributed by atoms with van der Waals surface area (Å²) in [6.45, 7) is 1.99. The Morgan fingerprint density at radius 1 is 1.33 bits per heavy atom. The molecule has 2 rings (SSSR count). The van der Waals surface area contributed by atoms with Gasteiger partial charge < -0.3 is 25.2 Å². The molecule has 5 heteroatoms. The minimum absolute atomic E-state index is 0.233. The van der Waals surface area contributed by atoms with E-state index in [0.29, 0.717) is 12.6 Å². The maximum Gasteiger partial charge on any atom is 0.119 e. The molecule has 2 unspecified atom stereocenters. The number of aliphatic hydroxyl groups is 2. The number of rotatable bonds is 7. The van der Waals surface area contributed by atoms with Crippen molar-refractivity contribution in [3.05, 3.63) is 24.3 Å². The number of nitrogens with one attached hydrogen (secondary N) is 1. The van der Waals surface area contributed by atoms with E-state index in [2.05, 4.69) is 17.3 Å². The summed E-state index contributed by atoms with van der Waals surface area (Å²) in [4.78, 5) is 2.37. The summed E-state index contributed by atoms with van der Waals surface area (Å²) < 4.78 is 5.86. The Labute approximate surface area is 126 Å². The van der Waals surface area contributed by atoms with E-state index in [1.54, 1.807) is 0 Å². The van der Waals surface area contributed by atoms with Gasteiger partial charge in [0, 0.05) is 18.3 Å². The summed E-state index contributed by atoms with van der Waals surface area (Å²) in [6, 6.07) is 8.21. The molecule has 0 bridgehead atoms. The quantitative estimate of drug-likeness (QED) is 0.708. The molecule has 1 aromatic rings. The number of anilines is 1. The van der Waals surface area contributed by atoms with Crippen molar-refractivity contribution >= 4 is 5.69 Å². The van der Waals surface area contributed by atoms with Crippen molar-refractivity contribution in [1.29, 1.82) is 0 Å². The number of ether oxygens (including phenoxy) is 1. The van der Waals surface area contributed by atoms with Crippen LogP contribution in [0.1, 0.15) is 19.3 Å². The molecule has 1 aromatic carbocycles. The Balaban J connectivity index is 1.76. The lowest BCUT2D eigenvalue weighted by molar-refractivity contribution is 0.105. The van der Waals surface area contributed by atoms with Crippen LogP contribution in [0.15, 0.2) is 24.3 Å². The molecule has 3 N–H and O–H groups in total. The van der Waals surface area contributed by atoms with E-state index in [9.17, 15) is 5.11 Å². The van der Waals surface area contributed by atoms with Crippen LogP contribution in [-0.4, -0.2) is 60.6 Å². The first-order chi connectivity index (χ1) is 10.2. The first-order valence-corrected chi connectivity index (χ1v) is 7.65. The van der Waals surface area contributed by atoms with Crippen LogP contribution in [0.5, 0.6) is 5.75 Å². The Morgan fingerprint density at radius 3 is 2.76 bits per heavy atom. The van der Waals surface area contributed by atoms with Crippen LogP contribution in [0.2, 0.25) is 0 Å². The van der Waals surface area contributed by atoms with Gasteiger partial charge in [-0.3, -0.25) is 0 Å². The molecule has 1 aliphatic rings. The second-order valence-electron chi connectivity index (χ2n) is 5.68. The fourth-order valence-electron chi connectivity index (χ4n) is 2.52. The van der Waals surface area contributed by atoms with Crippen molar-refractivity contribution in [1.82, 2.24) is 4.90 Å². The van der Waals surface area contributed by atoms with Crippen molar-refractivity contribution in [2.24, 2.45) is 0 Å². The number of likely N-dealkylation sites (N-methyl/N-ethyl adjacent to an activating group) is 1. The molecule has 118 valence electrons. The predicted octanol–water partition coefficient (Wildman–Crippen LogP) is 1.31. The van der Waals surface area contributed by atoms with E-state index in [4.69, 9.17) is 9.84 Å². The molecule has 2 atom stereocenters. The second-order valence-corrected chi connectivity index (χ2v) is 5.68. The number of hydrogen-bond acceptors (Lipinski definition) is 5. The van der Waals surface area contributed by atoms with Gasteiger partial charge in [0.2, 0.25) is 0 Å². The van der Waals surface area contributed by atoms with E-state index in [-0.39, 0.29) is 6.61 Å². The third-order valence-electron chi connectivity index (χ3n) is 3.97. The molecule has 5 nitrogen and oxygen atoms in total. The SMILES string of the molecule is CN1CCCCC1COc1ccc(NCC(O)CO)cc1. The van der Waals surface area contributed by atoms with E-state index in [1.165, 1.54) is 19.3 Å². The number of piperidine rings is 1. The molecular weight excluding hydrogens is 268 g/mol. The maximum absolute atomic E-state index is 9.29. The molecule has 0 aromatic heterocycles. The van der Waals surface area contributed by atoms with Crippen molar-refractivity contribution in [2.75, 3.05) is 38.7 Å². The highest BCUT2D eigenvalue weighted by molar-refractivity contribution is 5.46. The third kappa shape index (κ3) is 5.19. The molecule has 0 saturated carbocycles. The van der Waals surface area contributed by atoms with Crippen molar-refractivity contribution in [3.63, 3.8) is 0 Å². The highest BCUT2D eigenvalue weighted by Crippen LogP contribution is 2.19. The molecule has 1 saturated heterocycles. The van der Waals surface area contributed by atoms with Crippen LogP contribution >= 0.6 is 0 Å². The van der Waals surface area contributed by atoms with Gasteiger partial charge in [-0.25, -0.2) is 0 Å². The zero-order valence-electron chi connectivity index (χ0n) is 12.7. The summed E-state index contributed by atoms with van der Waals surface area (Å²) in [7, 11) is 2.16. The largest absolute Gasteiger partial charge is 0.492 e. The number of likely N-dealkylation sites (tertiary alicyclic amines) is 1. The molecule has 0 spiro atoms. The first-order valence-electron chi connectivity index (χ1n) is 7.65. The fraction of sp³-hybridized carbons (Fsp3) is 0.625. The van der Waals surface area contributed by atoms with Gasteiger partial charge in [-0.05, 0) is 50.7 Å². The summed E-state index contributed by atoms with van der Waals surface area (Å²) >= 11 is 0. The Kier molecular flexibility index (Phi) is 6.29. The summed E-state index contributed by atoms with van der Waals surface area (Å²) in [6.07, 6.45) is 3.04. The van der Waals surface area contributed by atoms with Gasteiger partial charge in [0.05, 0.1) is 12.7 Å². The molecule has 21 heavy (non-hydrogen) atoms. The normalized spacial score (nSPS) is 21.0. The average Bonchev–Trinajstić information content (AvgIpc) is 2.53. The topological polar surface area (TPSA) is 65.0 Å². The minimum atomic E-state index is -0.734. The highest BCUT2D eigenvalue weighted by atomic mass is 16.5. The Hall–Kier alpha value is -1.30. The van der Waals surface area contributed by atoms with Gasteiger partial charge in [0.15, 0.2) is 0 Å². The lowest BCUT2D eigenvalue weighted by Gasteiger charge is -2.32. The third-order valence-corrected chi connectivity index (χ3v) is 3.97. The predicted molar refractivity (Wildman–Crippen MR) is 83.8 cm³/mol. The second kappa shape index (κ2) is 8.22. The zero-order valence-corrected chi connectivity index (χ0v) is 12.7. The monoisotopic (exact) mass is 294 g/mol. The minimum Gasteiger partial charge on any atom is -0.492 e. The molecule has 1 aliphatic heterocycles. The summed E-state index contributed by atoms with van der Waals surface area (Å²) in [5, 5.41) is 21.1. The maximum atomic E-state index is 9.29. The molecule has 0 aliphatic carbocycles. The van der Waals surface area contributed by atoms with Crippen LogP contribution in [0.25, 0.3) is 0 Å². The van der Waals surface area contributed by atoms with E-state index in [1.807, 2.05) is 24.3 Å². The Morgan fingerprint density at radius 2 is 2.10 bits per heavy atom. The standard InChI is InChI=1S/C16H26N2O3/c1-18-9-3-2-4-14(18)12-21-16-7-5-13(6-8-16)17-10-15(20)11-19/h5-8,14-15,17,19-20H,2-4,9-12H2,1H3. The molecular formula is C16H26N2O3.